The van der Waals surface area contributed by atoms with Gasteiger partial charge in [0.25, 0.3) is 0 Å². The first-order valence-corrected chi connectivity index (χ1v) is 12.9. The highest BCUT2D eigenvalue weighted by atomic mass is 35.5. The molecule has 4 nitrogen and oxygen atoms in total. The molecule has 206 valence electrons. The molecule has 0 saturated carbocycles. The van der Waals surface area contributed by atoms with E-state index in [9.17, 15) is 13.2 Å². The van der Waals surface area contributed by atoms with Crippen molar-refractivity contribution in [1.82, 2.24) is 9.80 Å². The molecule has 0 amide bonds. The van der Waals surface area contributed by atoms with Crippen LogP contribution < -0.4 is 9.64 Å². The lowest BCUT2D eigenvalue weighted by atomic mass is 9.72. The van der Waals surface area contributed by atoms with E-state index >= 15 is 0 Å². The van der Waals surface area contributed by atoms with E-state index in [2.05, 4.69) is 32.9 Å². The van der Waals surface area contributed by atoms with Crippen molar-refractivity contribution in [3.63, 3.8) is 0 Å². The van der Waals surface area contributed by atoms with E-state index < -0.39 is 11.7 Å². The van der Waals surface area contributed by atoms with Crippen LogP contribution in [0.3, 0.4) is 0 Å². The van der Waals surface area contributed by atoms with Crippen molar-refractivity contribution in [2.75, 3.05) is 57.8 Å². The molecule has 0 bridgehead atoms. The lowest BCUT2D eigenvalue weighted by molar-refractivity contribution is -0.137. The molecule has 9 heteroatoms. The Balaban J connectivity index is 0.00000190. The number of methoxy groups -OCH3 is 1. The van der Waals surface area contributed by atoms with Gasteiger partial charge in [0, 0.05) is 50.5 Å². The molecule has 2 aliphatic heterocycles. The molecule has 2 fully saturated rings. The Kier molecular flexibility index (Phi) is 10.1. The van der Waals surface area contributed by atoms with E-state index in [0.29, 0.717) is 5.69 Å². The highest BCUT2D eigenvalue weighted by Gasteiger charge is 2.41. The number of anilines is 1. The van der Waals surface area contributed by atoms with Crippen LogP contribution in [-0.2, 0) is 19.0 Å². The van der Waals surface area contributed by atoms with Gasteiger partial charge in [-0.2, -0.15) is 13.2 Å². The third-order valence-electron chi connectivity index (χ3n) is 8.38. The van der Waals surface area contributed by atoms with Crippen LogP contribution in [0.25, 0.3) is 0 Å². The number of ether oxygens (including phenoxy) is 1. The standard InChI is InChI=1S/C28H36F3N3O.2ClH/c1-35-26-8-7-23-21-27(11-9-22(23)19-26)10-2-3-12-34(27)18-15-32-13-16-33(17-14-32)25-6-4-5-24(20-25)28(29,30)31;;/h4-8,19-20H,2-3,9-18,21H2,1H3;2*1H. The Bertz CT molecular complexity index is 1030. The van der Waals surface area contributed by atoms with Crippen molar-refractivity contribution in [2.45, 2.75) is 50.2 Å². The zero-order valence-electron chi connectivity index (χ0n) is 21.4. The zero-order valence-corrected chi connectivity index (χ0v) is 23.1. The summed E-state index contributed by atoms with van der Waals surface area (Å²) in [5.74, 6) is 0.949. The number of likely N-dealkylation sites (tertiary alicyclic amines) is 1. The largest absolute Gasteiger partial charge is 0.497 e. The minimum Gasteiger partial charge on any atom is -0.497 e. The molecule has 2 heterocycles. The van der Waals surface area contributed by atoms with Crippen molar-refractivity contribution in [3.8, 4) is 5.75 Å². The van der Waals surface area contributed by atoms with Gasteiger partial charge in [-0.05, 0) is 80.1 Å². The summed E-state index contributed by atoms with van der Waals surface area (Å²) in [5.41, 5.74) is 3.27. The number of rotatable bonds is 5. The van der Waals surface area contributed by atoms with E-state index in [1.165, 1.54) is 48.9 Å². The van der Waals surface area contributed by atoms with Crippen molar-refractivity contribution in [2.24, 2.45) is 0 Å². The summed E-state index contributed by atoms with van der Waals surface area (Å²) in [6.07, 6.45) is 2.97. The second-order valence-corrected chi connectivity index (χ2v) is 10.4. The average Bonchev–Trinajstić information content (AvgIpc) is 2.88. The van der Waals surface area contributed by atoms with Gasteiger partial charge in [0.05, 0.1) is 12.7 Å². The molecular formula is C28H38Cl2F3N3O. The third-order valence-corrected chi connectivity index (χ3v) is 8.38. The molecule has 1 unspecified atom stereocenters. The molecule has 2 saturated heterocycles. The Labute approximate surface area is 231 Å². The summed E-state index contributed by atoms with van der Waals surface area (Å²) >= 11 is 0. The van der Waals surface area contributed by atoms with Crippen LogP contribution in [0.4, 0.5) is 18.9 Å². The first kappa shape index (κ1) is 29.9. The van der Waals surface area contributed by atoms with Gasteiger partial charge >= 0.3 is 6.18 Å². The molecule has 1 atom stereocenters. The fourth-order valence-corrected chi connectivity index (χ4v) is 6.30. The van der Waals surface area contributed by atoms with Gasteiger partial charge < -0.3 is 9.64 Å². The van der Waals surface area contributed by atoms with Crippen molar-refractivity contribution < 1.29 is 17.9 Å². The van der Waals surface area contributed by atoms with Gasteiger partial charge in [0.2, 0.25) is 0 Å². The Morgan fingerprint density at radius 1 is 0.865 bits per heavy atom. The Hall–Kier alpha value is -1.67. The highest BCUT2D eigenvalue weighted by Crippen LogP contribution is 2.40. The minimum atomic E-state index is -4.30. The molecule has 5 rings (SSSR count). The molecule has 0 aromatic heterocycles. The fraction of sp³-hybridized carbons (Fsp3) is 0.571. The zero-order chi connectivity index (χ0) is 24.5. The topological polar surface area (TPSA) is 19.0 Å². The van der Waals surface area contributed by atoms with E-state index in [-0.39, 0.29) is 30.4 Å². The number of piperidine rings is 1. The maximum atomic E-state index is 13.1. The van der Waals surface area contributed by atoms with E-state index in [1.54, 1.807) is 13.2 Å². The molecule has 0 radical (unpaired) electrons. The van der Waals surface area contributed by atoms with Crippen molar-refractivity contribution in [1.29, 1.82) is 0 Å². The van der Waals surface area contributed by atoms with Gasteiger partial charge in [-0.3, -0.25) is 9.80 Å². The molecule has 1 aliphatic carbocycles. The monoisotopic (exact) mass is 559 g/mol. The average molecular weight is 561 g/mol. The van der Waals surface area contributed by atoms with Gasteiger partial charge in [-0.25, -0.2) is 0 Å². The number of alkyl halides is 3. The Morgan fingerprint density at radius 3 is 2.38 bits per heavy atom. The first-order valence-electron chi connectivity index (χ1n) is 12.9. The van der Waals surface area contributed by atoms with E-state index in [4.69, 9.17) is 4.74 Å². The van der Waals surface area contributed by atoms with Gasteiger partial charge in [-0.15, -0.1) is 24.8 Å². The summed E-state index contributed by atoms with van der Waals surface area (Å²) in [7, 11) is 1.73. The number of hydrogen-bond acceptors (Lipinski definition) is 4. The van der Waals surface area contributed by atoms with Crippen LogP contribution in [0.5, 0.6) is 5.75 Å². The SMILES string of the molecule is COc1ccc2c(c1)CCC1(CCCCN1CCN1CCN(c3cccc(C(F)(F)F)c3)CC1)C2.Cl.Cl. The van der Waals surface area contributed by atoms with E-state index in [0.717, 1.165) is 70.5 Å². The molecule has 37 heavy (non-hydrogen) atoms. The summed E-state index contributed by atoms with van der Waals surface area (Å²) in [6, 6.07) is 12.3. The maximum absolute atomic E-state index is 13.1. The third kappa shape index (κ3) is 6.67. The van der Waals surface area contributed by atoms with Gasteiger partial charge in [0.15, 0.2) is 0 Å². The molecule has 0 N–H and O–H groups in total. The lowest BCUT2D eigenvalue weighted by Crippen LogP contribution is -2.57. The van der Waals surface area contributed by atoms with Crippen LogP contribution in [0.2, 0.25) is 0 Å². The predicted octanol–water partition coefficient (Wildman–Crippen LogP) is 6.09. The normalized spacial score (nSPS) is 22.6. The molecule has 3 aliphatic rings. The number of piperazine rings is 1. The van der Waals surface area contributed by atoms with Crippen molar-refractivity contribution >= 4 is 30.5 Å². The minimum absolute atomic E-state index is 0. The number of fused-ring (bicyclic) bond motifs is 1. The molecule has 2 aromatic carbocycles. The number of hydrogen-bond donors (Lipinski definition) is 0. The lowest BCUT2D eigenvalue weighted by Gasteiger charge is -2.51. The maximum Gasteiger partial charge on any atom is 0.416 e. The van der Waals surface area contributed by atoms with E-state index in [1.807, 2.05) is 0 Å². The summed E-state index contributed by atoms with van der Waals surface area (Å²) < 4.78 is 44.7. The number of benzene rings is 2. The number of nitrogens with zero attached hydrogens (tertiary/aromatic N) is 3. The Morgan fingerprint density at radius 2 is 1.65 bits per heavy atom. The highest BCUT2D eigenvalue weighted by molar-refractivity contribution is 5.85. The van der Waals surface area contributed by atoms with Crippen molar-refractivity contribution in [3.05, 3.63) is 59.2 Å². The number of halogens is 5. The van der Waals surface area contributed by atoms with Crippen LogP contribution in [0, 0.1) is 0 Å². The van der Waals surface area contributed by atoms with Gasteiger partial charge in [0.1, 0.15) is 5.75 Å². The smallest absolute Gasteiger partial charge is 0.416 e. The van der Waals surface area contributed by atoms with Crippen LogP contribution in [0.15, 0.2) is 42.5 Å². The molecular weight excluding hydrogens is 522 g/mol. The summed E-state index contributed by atoms with van der Waals surface area (Å²) in [6.45, 7) is 6.56. The summed E-state index contributed by atoms with van der Waals surface area (Å²) in [4.78, 5) is 7.32. The van der Waals surface area contributed by atoms with Crippen LogP contribution >= 0.6 is 24.8 Å². The molecule has 1 spiro atoms. The van der Waals surface area contributed by atoms with Gasteiger partial charge in [-0.1, -0.05) is 18.6 Å². The first-order chi connectivity index (χ1) is 16.9. The van der Waals surface area contributed by atoms with Crippen LogP contribution in [-0.4, -0.2) is 68.3 Å². The fourth-order valence-electron chi connectivity index (χ4n) is 6.30. The summed E-state index contributed by atoms with van der Waals surface area (Å²) in [5, 5.41) is 0. The molecule has 2 aromatic rings. The second-order valence-electron chi connectivity index (χ2n) is 10.4. The van der Waals surface area contributed by atoms with Crippen LogP contribution in [0.1, 0.15) is 42.4 Å². The predicted molar refractivity (Wildman–Crippen MR) is 148 cm³/mol. The quantitative estimate of drug-likeness (QED) is 0.441. The number of aryl methyl sites for hydroxylation is 1. The second kappa shape index (κ2) is 12.5.